The zero-order valence-electron chi connectivity index (χ0n) is 13.4. The summed E-state index contributed by atoms with van der Waals surface area (Å²) in [7, 11) is 4.03. The van der Waals surface area contributed by atoms with E-state index < -0.39 is 11.2 Å². The van der Waals surface area contributed by atoms with Crippen molar-refractivity contribution in [1.82, 2.24) is 19.0 Å². The molecule has 2 atom stereocenters. The van der Waals surface area contributed by atoms with E-state index in [1.807, 2.05) is 19.4 Å². The molecule has 0 amide bonds. The van der Waals surface area contributed by atoms with Crippen molar-refractivity contribution >= 4 is 16.9 Å². The van der Waals surface area contributed by atoms with Gasteiger partial charge in [-0.1, -0.05) is 12.1 Å². The molecule has 3 heterocycles. The summed E-state index contributed by atoms with van der Waals surface area (Å²) < 4.78 is 19.6. The van der Waals surface area contributed by atoms with Crippen LogP contribution < -0.4 is 4.72 Å². The number of benzene rings is 1. The molecule has 1 fully saturated rings. The van der Waals surface area contributed by atoms with Crippen molar-refractivity contribution in [2.45, 2.75) is 19.0 Å². The molecule has 23 heavy (non-hydrogen) atoms. The van der Waals surface area contributed by atoms with Crippen molar-refractivity contribution in [3.63, 3.8) is 0 Å². The van der Waals surface area contributed by atoms with Gasteiger partial charge in [0.05, 0.1) is 11.9 Å². The number of nitrogens with one attached hydrogen (secondary N) is 1. The average molecular weight is 331 g/mol. The van der Waals surface area contributed by atoms with E-state index in [9.17, 15) is 4.21 Å². The predicted octanol–water partition coefficient (Wildman–Crippen LogP) is 1.60. The van der Waals surface area contributed by atoms with Gasteiger partial charge >= 0.3 is 0 Å². The standard InChI is InChI=1S/C16H21N5OS/c1-19-6-5-15(11-19)21-10-13-4-3-12(7-16(13)18-23(21)22)14-8-17-20(2)9-14/h3-4,7-9,15,18H,5-6,10-11H2,1-2H3. The molecule has 2 unspecified atom stereocenters. The minimum atomic E-state index is -1.17. The second-order valence-electron chi connectivity index (χ2n) is 6.41. The van der Waals surface area contributed by atoms with E-state index in [1.165, 1.54) is 5.56 Å². The van der Waals surface area contributed by atoms with E-state index in [1.54, 1.807) is 4.68 Å². The van der Waals surface area contributed by atoms with Gasteiger partial charge in [0.15, 0.2) is 11.2 Å². The SMILES string of the molecule is CN1CCC(N2Cc3ccc(-c4cnn(C)c4)cc3NS2=O)C1. The third-order valence-electron chi connectivity index (χ3n) is 4.66. The van der Waals surface area contributed by atoms with Crippen LogP contribution in [0.5, 0.6) is 0 Å². The van der Waals surface area contributed by atoms with E-state index in [4.69, 9.17) is 0 Å². The molecule has 2 aliphatic rings. The molecular weight excluding hydrogens is 310 g/mol. The first-order valence-corrected chi connectivity index (χ1v) is 8.96. The summed E-state index contributed by atoms with van der Waals surface area (Å²) >= 11 is -1.17. The van der Waals surface area contributed by atoms with Gasteiger partial charge in [0, 0.05) is 37.9 Å². The topological polar surface area (TPSA) is 53.4 Å². The second-order valence-corrected chi connectivity index (χ2v) is 7.58. The van der Waals surface area contributed by atoms with Crippen LogP contribution in [0.2, 0.25) is 0 Å². The molecule has 7 heteroatoms. The van der Waals surface area contributed by atoms with Gasteiger partial charge in [-0.25, -0.2) is 4.21 Å². The fourth-order valence-electron chi connectivity index (χ4n) is 3.35. The Labute approximate surface area is 138 Å². The molecule has 0 bridgehead atoms. The highest BCUT2D eigenvalue weighted by atomic mass is 32.2. The Morgan fingerprint density at radius 3 is 2.87 bits per heavy atom. The Hall–Kier alpha value is -1.70. The summed E-state index contributed by atoms with van der Waals surface area (Å²) in [4.78, 5) is 2.29. The minimum Gasteiger partial charge on any atom is -0.305 e. The largest absolute Gasteiger partial charge is 0.305 e. The maximum Gasteiger partial charge on any atom is 0.197 e. The van der Waals surface area contributed by atoms with Crippen LogP contribution in [-0.2, 0) is 24.8 Å². The highest BCUT2D eigenvalue weighted by molar-refractivity contribution is 7.84. The molecule has 0 saturated carbocycles. The van der Waals surface area contributed by atoms with Crippen LogP contribution in [-0.4, -0.2) is 49.4 Å². The third-order valence-corrected chi connectivity index (χ3v) is 5.91. The van der Waals surface area contributed by atoms with E-state index in [0.29, 0.717) is 6.04 Å². The molecule has 1 saturated heterocycles. The zero-order chi connectivity index (χ0) is 16.0. The fraction of sp³-hybridized carbons (Fsp3) is 0.438. The van der Waals surface area contributed by atoms with Gasteiger partial charge in [0.25, 0.3) is 0 Å². The number of likely N-dealkylation sites (tertiary alicyclic amines) is 1. The molecular formula is C16H21N5OS. The lowest BCUT2D eigenvalue weighted by Crippen LogP contribution is -2.43. The Morgan fingerprint density at radius 1 is 1.30 bits per heavy atom. The molecule has 1 aromatic carbocycles. The average Bonchev–Trinajstić information content (AvgIpc) is 3.14. The van der Waals surface area contributed by atoms with Crippen LogP contribution in [0.1, 0.15) is 12.0 Å². The molecule has 2 aliphatic heterocycles. The number of anilines is 1. The molecule has 2 aromatic rings. The molecule has 1 N–H and O–H groups in total. The number of aromatic nitrogens is 2. The van der Waals surface area contributed by atoms with E-state index >= 15 is 0 Å². The Morgan fingerprint density at radius 2 is 2.17 bits per heavy atom. The number of hydrogen-bond donors (Lipinski definition) is 1. The van der Waals surface area contributed by atoms with Crippen molar-refractivity contribution in [2.24, 2.45) is 7.05 Å². The van der Waals surface area contributed by atoms with Crippen molar-refractivity contribution in [1.29, 1.82) is 0 Å². The van der Waals surface area contributed by atoms with Gasteiger partial charge in [-0.3, -0.25) is 9.40 Å². The van der Waals surface area contributed by atoms with Gasteiger partial charge in [-0.05, 0) is 37.2 Å². The van der Waals surface area contributed by atoms with Crippen LogP contribution in [0.15, 0.2) is 30.6 Å². The number of hydrogen-bond acceptors (Lipinski definition) is 3. The smallest absolute Gasteiger partial charge is 0.197 e. The van der Waals surface area contributed by atoms with Crippen LogP contribution in [0.4, 0.5) is 5.69 Å². The van der Waals surface area contributed by atoms with Crippen molar-refractivity contribution in [3.8, 4) is 11.1 Å². The summed E-state index contributed by atoms with van der Waals surface area (Å²) in [5, 5.41) is 4.21. The first-order chi connectivity index (χ1) is 11.1. The summed E-state index contributed by atoms with van der Waals surface area (Å²) in [5.41, 5.74) is 4.33. The van der Waals surface area contributed by atoms with Crippen LogP contribution in [0, 0.1) is 0 Å². The first-order valence-electron chi connectivity index (χ1n) is 7.86. The predicted molar refractivity (Wildman–Crippen MR) is 91.9 cm³/mol. The Balaban J connectivity index is 1.60. The molecule has 1 aromatic heterocycles. The third kappa shape index (κ3) is 2.80. The number of fused-ring (bicyclic) bond motifs is 1. The second kappa shape index (κ2) is 5.74. The van der Waals surface area contributed by atoms with E-state index in [2.05, 4.69) is 44.3 Å². The Bertz CT molecular complexity index is 759. The molecule has 0 spiro atoms. The molecule has 0 aliphatic carbocycles. The van der Waals surface area contributed by atoms with Crippen molar-refractivity contribution < 1.29 is 4.21 Å². The highest BCUT2D eigenvalue weighted by Crippen LogP contribution is 2.32. The first kappa shape index (κ1) is 14.9. The number of aryl methyl sites for hydroxylation is 1. The van der Waals surface area contributed by atoms with Gasteiger partial charge in [-0.2, -0.15) is 9.40 Å². The lowest BCUT2D eigenvalue weighted by molar-refractivity contribution is 0.317. The fourth-order valence-corrected chi connectivity index (χ4v) is 4.54. The van der Waals surface area contributed by atoms with E-state index in [0.717, 1.165) is 42.9 Å². The van der Waals surface area contributed by atoms with Gasteiger partial charge in [-0.15, -0.1) is 0 Å². The summed E-state index contributed by atoms with van der Waals surface area (Å²) in [6.45, 7) is 2.79. The minimum absolute atomic E-state index is 0.361. The Kier molecular flexibility index (Phi) is 3.71. The summed E-state index contributed by atoms with van der Waals surface area (Å²) in [6.07, 6.45) is 4.91. The van der Waals surface area contributed by atoms with Gasteiger partial charge in [0.2, 0.25) is 0 Å². The number of likely N-dealkylation sites (N-methyl/N-ethyl adjacent to an activating group) is 1. The number of nitrogens with zero attached hydrogens (tertiary/aromatic N) is 4. The van der Waals surface area contributed by atoms with Gasteiger partial charge in [0.1, 0.15) is 0 Å². The monoisotopic (exact) mass is 331 g/mol. The quantitative estimate of drug-likeness (QED) is 0.909. The van der Waals surface area contributed by atoms with Crippen molar-refractivity contribution in [2.75, 3.05) is 24.9 Å². The lowest BCUT2D eigenvalue weighted by atomic mass is 10.0. The van der Waals surface area contributed by atoms with Crippen LogP contribution >= 0.6 is 0 Å². The summed E-state index contributed by atoms with van der Waals surface area (Å²) in [6, 6.07) is 6.68. The summed E-state index contributed by atoms with van der Waals surface area (Å²) in [5.74, 6) is 0. The maximum absolute atomic E-state index is 12.6. The van der Waals surface area contributed by atoms with Gasteiger partial charge < -0.3 is 4.90 Å². The molecule has 6 nitrogen and oxygen atoms in total. The molecule has 4 rings (SSSR count). The lowest BCUT2D eigenvalue weighted by Gasteiger charge is -2.32. The highest BCUT2D eigenvalue weighted by Gasteiger charge is 2.32. The van der Waals surface area contributed by atoms with E-state index in [-0.39, 0.29) is 0 Å². The number of rotatable bonds is 2. The molecule has 122 valence electrons. The molecule has 0 radical (unpaired) electrons. The normalized spacial score (nSPS) is 25.3. The van der Waals surface area contributed by atoms with Crippen molar-refractivity contribution in [3.05, 3.63) is 36.2 Å². The zero-order valence-corrected chi connectivity index (χ0v) is 14.2. The maximum atomic E-state index is 12.6. The van der Waals surface area contributed by atoms with Crippen LogP contribution in [0.25, 0.3) is 11.1 Å². The van der Waals surface area contributed by atoms with Crippen LogP contribution in [0.3, 0.4) is 0 Å².